The molecule has 1 heterocycles. The number of anilines is 1. The van der Waals surface area contributed by atoms with Crippen molar-refractivity contribution in [2.24, 2.45) is 5.92 Å². The third-order valence-corrected chi connectivity index (χ3v) is 3.29. The maximum atomic E-state index is 11.9. The molecular weight excluding hydrogens is 242 g/mol. The first-order chi connectivity index (χ1) is 9.11. The highest BCUT2D eigenvalue weighted by Crippen LogP contribution is 2.20. The average Bonchev–Trinajstić information content (AvgIpc) is 2.41. The maximum Gasteiger partial charge on any atom is 0.321 e. The number of benzene rings is 1. The van der Waals surface area contributed by atoms with Crippen molar-refractivity contribution >= 4 is 17.5 Å². The molecule has 0 aliphatic carbocycles. The summed E-state index contributed by atoms with van der Waals surface area (Å²) in [6.07, 6.45) is 0. The first-order valence-corrected chi connectivity index (χ1v) is 6.42. The summed E-state index contributed by atoms with van der Waals surface area (Å²) in [5, 5.41) is 6.00. The van der Waals surface area contributed by atoms with Crippen LogP contribution in [0.25, 0.3) is 0 Å². The van der Waals surface area contributed by atoms with Crippen molar-refractivity contribution in [1.29, 1.82) is 0 Å². The van der Waals surface area contributed by atoms with Crippen LogP contribution in [0.15, 0.2) is 24.3 Å². The van der Waals surface area contributed by atoms with Crippen molar-refractivity contribution in [2.75, 3.05) is 31.6 Å². The van der Waals surface area contributed by atoms with Gasteiger partial charge in [-0.05, 0) is 26.1 Å². The van der Waals surface area contributed by atoms with Gasteiger partial charge >= 0.3 is 6.03 Å². The second-order valence-electron chi connectivity index (χ2n) is 4.83. The van der Waals surface area contributed by atoms with Gasteiger partial charge in [-0.3, -0.25) is 9.69 Å². The maximum absolute atomic E-state index is 11.9. The van der Waals surface area contributed by atoms with Gasteiger partial charge in [-0.15, -0.1) is 0 Å². The molecule has 2 amide bonds. The van der Waals surface area contributed by atoms with E-state index in [0.717, 1.165) is 12.2 Å². The highest BCUT2D eigenvalue weighted by molar-refractivity contribution is 5.97. The third kappa shape index (κ3) is 3.12. The number of nitrogens with zero attached hydrogens (tertiary/aromatic N) is 1. The fourth-order valence-electron chi connectivity index (χ4n) is 2.27. The summed E-state index contributed by atoms with van der Waals surface area (Å²) >= 11 is 0. The molecule has 5 nitrogen and oxygen atoms in total. The molecule has 0 saturated carbocycles. The van der Waals surface area contributed by atoms with Gasteiger partial charge in [-0.2, -0.15) is 0 Å². The van der Waals surface area contributed by atoms with Crippen molar-refractivity contribution in [3.8, 4) is 0 Å². The van der Waals surface area contributed by atoms with Gasteiger partial charge in [0, 0.05) is 36.8 Å². The summed E-state index contributed by atoms with van der Waals surface area (Å²) in [6.45, 7) is 3.72. The van der Waals surface area contributed by atoms with Gasteiger partial charge in [0.1, 0.15) is 0 Å². The lowest BCUT2D eigenvalue weighted by atomic mass is 10.1. The van der Waals surface area contributed by atoms with Crippen molar-refractivity contribution < 1.29 is 9.59 Å². The quantitative estimate of drug-likeness (QED) is 0.802. The molecule has 1 atom stereocenters. The molecule has 102 valence electrons. The van der Waals surface area contributed by atoms with Crippen LogP contribution >= 0.6 is 0 Å². The van der Waals surface area contributed by atoms with E-state index in [0.29, 0.717) is 24.6 Å². The highest BCUT2D eigenvalue weighted by Gasteiger charge is 2.26. The SMILES string of the molecule is CNCC1CNC(=O)N(c2cccc(C(C)=O)c2)C1. The molecule has 1 saturated heterocycles. The number of hydrogen-bond acceptors (Lipinski definition) is 3. The predicted molar refractivity (Wildman–Crippen MR) is 74.6 cm³/mol. The molecule has 2 rings (SSSR count). The van der Waals surface area contributed by atoms with Crippen LogP contribution in [-0.4, -0.2) is 38.5 Å². The monoisotopic (exact) mass is 261 g/mol. The molecule has 1 aromatic rings. The van der Waals surface area contributed by atoms with E-state index in [-0.39, 0.29) is 11.8 Å². The van der Waals surface area contributed by atoms with Gasteiger partial charge in [0.15, 0.2) is 5.78 Å². The van der Waals surface area contributed by atoms with Crippen LogP contribution in [0, 0.1) is 5.92 Å². The van der Waals surface area contributed by atoms with Gasteiger partial charge in [0.2, 0.25) is 0 Å². The Morgan fingerprint density at radius 2 is 2.32 bits per heavy atom. The zero-order valence-corrected chi connectivity index (χ0v) is 11.3. The van der Waals surface area contributed by atoms with E-state index in [1.54, 1.807) is 23.1 Å². The Hall–Kier alpha value is -1.88. The van der Waals surface area contributed by atoms with E-state index >= 15 is 0 Å². The van der Waals surface area contributed by atoms with Crippen molar-refractivity contribution in [3.63, 3.8) is 0 Å². The molecule has 19 heavy (non-hydrogen) atoms. The molecule has 1 fully saturated rings. The Labute approximate surface area is 113 Å². The minimum atomic E-state index is -0.104. The Balaban J connectivity index is 2.21. The molecule has 1 unspecified atom stereocenters. The molecule has 0 radical (unpaired) electrons. The highest BCUT2D eigenvalue weighted by atomic mass is 16.2. The second-order valence-corrected chi connectivity index (χ2v) is 4.83. The van der Waals surface area contributed by atoms with Crippen LogP contribution in [0.4, 0.5) is 10.5 Å². The molecule has 1 aliphatic heterocycles. The smallest absolute Gasteiger partial charge is 0.321 e. The largest absolute Gasteiger partial charge is 0.337 e. The number of rotatable bonds is 4. The Morgan fingerprint density at radius 1 is 1.53 bits per heavy atom. The molecule has 5 heteroatoms. The minimum absolute atomic E-state index is 0.00559. The lowest BCUT2D eigenvalue weighted by Gasteiger charge is -2.33. The third-order valence-electron chi connectivity index (χ3n) is 3.29. The molecular formula is C14H19N3O2. The van der Waals surface area contributed by atoms with Gasteiger partial charge < -0.3 is 10.6 Å². The van der Waals surface area contributed by atoms with Crippen molar-refractivity contribution in [1.82, 2.24) is 10.6 Å². The summed E-state index contributed by atoms with van der Waals surface area (Å²) in [4.78, 5) is 25.0. The number of urea groups is 1. The molecule has 1 aromatic carbocycles. The summed E-state index contributed by atoms with van der Waals surface area (Å²) in [5.41, 5.74) is 1.40. The van der Waals surface area contributed by atoms with E-state index in [9.17, 15) is 9.59 Å². The van der Waals surface area contributed by atoms with Gasteiger partial charge in [0.25, 0.3) is 0 Å². The van der Waals surface area contributed by atoms with E-state index in [1.807, 2.05) is 13.1 Å². The number of amides is 2. The van der Waals surface area contributed by atoms with Gasteiger partial charge in [-0.1, -0.05) is 12.1 Å². The second kappa shape index (κ2) is 5.84. The van der Waals surface area contributed by atoms with Crippen LogP contribution < -0.4 is 15.5 Å². The number of carbonyl (C=O) groups is 2. The van der Waals surface area contributed by atoms with E-state index < -0.39 is 0 Å². The standard InChI is InChI=1S/C14H19N3O2/c1-10(18)12-4-3-5-13(6-12)17-9-11(7-15-2)8-16-14(17)19/h3-6,11,15H,7-9H2,1-2H3,(H,16,19). The molecule has 0 bridgehead atoms. The lowest BCUT2D eigenvalue weighted by molar-refractivity contribution is 0.101. The van der Waals surface area contributed by atoms with E-state index in [2.05, 4.69) is 10.6 Å². The van der Waals surface area contributed by atoms with Crippen LogP contribution in [0.3, 0.4) is 0 Å². The van der Waals surface area contributed by atoms with Gasteiger partial charge in [-0.25, -0.2) is 4.79 Å². The van der Waals surface area contributed by atoms with Crippen molar-refractivity contribution in [3.05, 3.63) is 29.8 Å². The first-order valence-electron chi connectivity index (χ1n) is 6.42. The minimum Gasteiger partial charge on any atom is -0.337 e. The molecule has 0 aromatic heterocycles. The normalized spacial score (nSPS) is 19.2. The number of nitrogens with one attached hydrogen (secondary N) is 2. The Morgan fingerprint density at radius 3 is 3.00 bits per heavy atom. The summed E-state index contributed by atoms with van der Waals surface area (Å²) < 4.78 is 0. The number of Topliss-reactive ketones (excluding diaryl/α,β-unsaturated/α-hetero) is 1. The topological polar surface area (TPSA) is 61.4 Å². The fourth-order valence-corrected chi connectivity index (χ4v) is 2.27. The number of ketones is 1. The zero-order valence-electron chi connectivity index (χ0n) is 11.3. The fraction of sp³-hybridized carbons (Fsp3) is 0.429. The zero-order chi connectivity index (χ0) is 13.8. The predicted octanol–water partition coefficient (Wildman–Crippen LogP) is 1.25. The first kappa shape index (κ1) is 13.5. The molecule has 0 spiro atoms. The Bertz CT molecular complexity index is 487. The summed E-state index contributed by atoms with van der Waals surface area (Å²) in [6, 6.07) is 7.09. The number of carbonyl (C=O) groups excluding carboxylic acids is 2. The van der Waals surface area contributed by atoms with Crippen LogP contribution in [0.5, 0.6) is 0 Å². The lowest BCUT2D eigenvalue weighted by Crippen LogP contribution is -2.53. The average molecular weight is 261 g/mol. The summed E-state index contributed by atoms with van der Waals surface area (Å²) in [5.74, 6) is 0.370. The van der Waals surface area contributed by atoms with Crippen molar-refractivity contribution in [2.45, 2.75) is 6.92 Å². The summed E-state index contributed by atoms with van der Waals surface area (Å²) in [7, 11) is 1.90. The van der Waals surface area contributed by atoms with E-state index in [4.69, 9.17) is 0 Å². The van der Waals surface area contributed by atoms with Crippen LogP contribution in [-0.2, 0) is 0 Å². The number of hydrogen-bond donors (Lipinski definition) is 2. The molecule has 1 aliphatic rings. The Kier molecular flexibility index (Phi) is 4.16. The van der Waals surface area contributed by atoms with E-state index in [1.165, 1.54) is 6.92 Å². The van der Waals surface area contributed by atoms with Crippen LogP contribution in [0.2, 0.25) is 0 Å². The van der Waals surface area contributed by atoms with Gasteiger partial charge in [0.05, 0.1) is 0 Å². The van der Waals surface area contributed by atoms with Crippen LogP contribution in [0.1, 0.15) is 17.3 Å². The molecule has 2 N–H and O–H groups in total.